The van der Waals surface area contributed by atoms with Gasteiger partial charge in [-0.3, -0.25) is 0 Å². The Balaban J connectivity index is 0. The normalized spacial score (nSPS) is 14.5. The van der Waals surface area contributed by atoms with E-state index in [1.165, 1.54) is 19.4 Å². The molecule has 0 N–H and O–H groups in total. The molecule has 0 aliphatic heterocycles. The summed E-state index contributed by atoms with van der Waals surface area (Å²) in [4.78, 5) is 0. The number of unbranched alkanes of at least 4 members (excludes halogenated alkanes) is 1. The molecule has 0 rings (SSSR count). The number of hydrogen-bond acceptors (Lipinski definition) is 7. The van der Waals surface area contributed by atoms with E-state index in [0.29, 0.717) is 0 Å². The molecule has 0 aromatic rings. The molecule has 0 heterocycles. The van der Waals surface area contributed by atoms with E-state index in [0.717, 1.165) is 48.1 Å². The first-order chi connectivity index (χ1) is 17.9. The highest BCUT2D eigenvalue weighted by Gasteiger charge is 2.47. The van der Waals surface area contributed by atoms with Crippen LogP contribution in [-0.2, 0) is 33.3 Å². The van der Waals surface area contributed by atoms with Gasteiger partial charge in [0.05, 0.1) is 26.4 Å². The van der Waals surface area contributed by atoms with Crippen molar-refractivity contribution < 1.29 is 60.9 Å². The van der Waals surface area contributed by atoms with E-state index in [-0.39, 0.29) is 0 Å². The van der Waals surface area contributed by atoms with Crippen LogP contribution < -0.4 is 0 Å². The van der Waals surface area contributed by atoms with Gasteiger partial charge in [0.1, 0.15) is 19.6 Å². The number of quaternary nitrogens is 1. The van der Waals surface area contributed by atoms with E-state index in [1.54, 1.807) is 0 Å². The van der Waals surface area contributed by atoms with Crippen molar-refractivity contribution in [3.8, 4) is 0 Å². The number of hydrogen-bond donors (Lipinski definition) is 0. The standard InChI is InChI=1S/C19H48NO3Si3.C2F6NO4S2/c1-11-12-13-20(14-17-21-24(2,3)4,15-18-22-25(5,6)7)16-19-23-26(8,9)10;3-1(4,5)14(10,11)9-15(12,13)2(6,7)8/h11-19H2,1-10H3;/q+1;-1. The quantitative estimate of drug-likeness (QED) is 0.101. The molecular weight excluding hydrogens is 655 g/mol. The maximum absolute atomic E-state index is 11.4. The van der Waals surface area contributed by atoms with E-state index in [9.17, 15) is 43.2 Å². The predicted octanol–water partition coefficient (Wildman–Crippen LogP) is 6.22. The number of rotatable bonds is 17. The van der Waals surface area contributed by atoms with Crippen LogP contribution in [0.4, 0.5) is 26.3 Å². The molecule has 41 heavy (non-hydrogen) atoms. The topological polar surface area (TPSA) is 110 Å². The average molecular weight is 703 g/mol. The molecule has 9 nitrogen and oxygen atoms in total. The van der Waals surface area contributed by atoms with Gasteiger partial charge in [-0.2, -0.15) is 26.3 Å². The highest BCUT2D eigenvalue weighted by atomic mass is 32.3. The van der Waals surface area contributed by atoms with Crippen LogP contribution in [0.15, 0.2) is 0 Å². The predicted molar refractivity (Wildman–Crippen MR) is 156 cm³/mol. The fraction of sp³-hybridized carbons (Fsp3) is 1.00. The second-order valence-corrected chi connectivity index (χ2v) is 29.4. The van der Waals surface area contributed by atoms with Crippen LogP contribution in [0.2, 0.25) is 58.9 Å². The second kappa shape index (κ2) is 16.3. The van der Waals surface area contributed by atoms with E-state index in [1.807, 2.05) is 0 Å². The summed E-state index contributed by atoms with van der Waals surface area (Å²) in [7, 11) is -17.9. The lowest BCUT2D eigenvalue weighted by molar-refractivity contribution is -0.928. The number of sulfonamides is 2. The summed E-state index contributed by atoms with van der Waals surface area (Å²) >= 11 is 0. The van der Waals surface area contributed by atoms with E-state index in [2.05, 4.69) is 65.8 Å². The Morgan fingerprint density at radius 3 is 1.05 bits per heavy atom. The lowest BCUT2D eigenvalue weighted by Crippen LogP contribution is -2.56. The molecule has 0 radical (unpaired) electrons. The fourth-order valence-corrected chi connectivity index (χ4v) is 6.84. The Labute approximate surface area is 245 Å². The van der Waals surface area contributed by atoms with Crippen molar-refractivity contribution in [3.63, 3.8) is 0 Å². The molecule has 0 amide bonds. The minimum absolute atomic E-state index is 0.778. The van der Waals surface area contributed by atoms with Gasteiger partial charge < -0.3 is 21.9 Å². The van der Waals surface area contributed by atoms with Crippen LogP contribution in [0.25, 0.3) is 4.13 Å². The molecule has 250 valence electrons. The molecule has 0 saturated heterocycles. The Morgan fingerprint density at radius 2 is 0.854 bits per heavy atom. The van der Waals surface area contributed by atoms with Crippen LogP contribution in [0.1, 0.15) is 19.8 Å². The summed E-state index contributed by atoms with van der Waals surface area (Å²) in [5.74, 6) is 0. The van der Waals surface area contributed by atoms with Crippen LogP contribution >= 0.6 is 0 Å². The third-order valence-corrected chi connectivity index (χ3v) is 11.0. The summed E-state index contributed by atoms with van der Waals surface area (Å²) in [6.45, 7) is 29.8. The first-order valence-corrected chi connectivity index (χ1v) is 26.1. The van der Waals surface area contributed by atoms with Gasteiger partial charge in [0.25, 0.3) is 0 Å². The van der Waals surface area contributed by atoms with Crippen molar-refractivity contribution in [2.24, 2.45) is 0 Å². The van der Waals surface area contributed by atoms with Crippen LogP contribution in [-0.4, -0.2) is 103 Å². The van der Waals surface area contributed by atoms with Crippen molar-refractivity contribution in [2.45, 2.75) is 89.7 Å². The molecule has 0 unspecified atom stereocenters. The Bertz CT molecular complexity index is 886. The largest absolute Gasteiger partial charge is 0.480 e. The van der Waals surface area contributed by atoms with Gasteiger partial charge in [0, 0.05) is 0 Å². The van der Waals surface area contributed by atoms with Crippen LogP contribution in [0.3, 0.4) is 0 Å². The van der Waals surface area contributed by atoms with Gasteiger partial charge in [-0.25, -0.2) is 16.8 Å². The molecule has 0 aromatic carbocycles. The lowest BCUT2D eigenvalue weighted by atomic mass is 10.2. The minimum Gasteiger partial charge on any atom is -0.421 e. The highest BCUT2D eigenvalue weighted by Crippen LogP contribution is 2.36. The molecule has 0 saturated carbocycles. The van der Waals surface area contributed by atoms with Crippen molar-refractivity contribution in [2.75, 3.05) is 46.0 Å². The zero-order valence-corrected chi connectivity index (χ0v) is 30.3. The first kappa shape index (κ1) is 43.1. The SMILES string of the molecule is CCCC[N+](CCO[Si](C)(C)C)(CCO[Si](C)(C)C)CCO[Si](C)(C)C.O=S(=O)([N-]S(=O)(=O)C(F)(F)F)C(F)(F)F. The van der Waals surface area contributed by atoms with Gasteiger partial charge in [-0.15, -0.1) is 0 Å². The summed E-state index contributed by atoms with van der Waals surface area (Å²) in [6.07, 6.45) is 2.49. The van der Waals surface area contributed by atoms with Gasteiger partial charge in [0.2, 0.25) is 0 Å². The van der Waals surface area contributed by atoms with Crippen molar-refractivity contribution in [1.82, 2.24) is 0 Å². The summed E-state index contributed by atoms with van der Waals surface area (Å²) in [6, 6.07) is 0. The van der Waals surface area contributed by atoms with Gasteiger partial charge >= 0.3 is 11.0 Å². The zero-order chi connectivity index (χ0) is 33.2. The molecule has 0 fully saturated rings. The number of halogens is 6. The number of nitrogens with zero attached hydrogens (tertiary/aromatic N) is 2. The van der Waals surface area contributed by atoms with Crippen LogP contribution in [0, 0.1) is 0 Å². The molecule has 0 atom stereocenters. The Hall–Kier alpha value is -0.0694. The second-order valence-electron chi connectivity index (χ2n) is 12.4. The molecule has 20 heteroatoms. The number of alkyl halides is 6. The first-order valence-electron chi connectivity index (χ1n) is 13.0. The molecule has 0 aliphatic carbocycles. The summed E-state index contributed by atoms with van der Waals surface area (Å²) in [5.41, 5.74) is -12.4. The maximum atomic E-state index is 11.4. The lowest BCUT2D eigenvalue weighted by Gasteiger charge is -2.40. The summed E-state index contributed by atoms with van der Waals surface area (Å²) < 4.78 is 129. The van der Waals surface area contributed by atoms with Gasteiger partial charge in [-0.1, -0.05) is 13.3 Å². The molecule has 0 spiro atoms. The zero-order valence-electron chi connectivity index (χ0n) is 25.7. The Morgan fingerprint density at radius 1 is 0.585 bits per heavy atom. The molecule has 0 aromatic heterocycles. The van der Waals surface area contributed by atoms with E-state index >= 15 is 0 Å². The van der Waals surface area contributed by atoms with Crippen molar-refractivity contribution in [3.05, 3.63) is 4.13 Å². The van der Waals surface area contributed by atoms with Gasteiger partial charge in [-0.05, 0) is 65.3 Å². The third kappa shape index (κ3) is 20.5. The maximum Gasteiger partial charge on any atom is 0.480 e. The monoisotopic (exact) mass is 702 g/mol. The molecule has 0 aliphatic rings. The van der Waals surface area contributed by atoms with Gasteiger partial charge in [0.15, 0.2) is 45.0 Å². The third-order valence-electron chi connectivity index (χ3n) is 5.07. The van der Waals surface area contributed by atoms with E-state index < -0.39 is 56.0 Å². The van der Waals surface area contributed by atoms with E-state index in [4.69, 9.17) is 13.3 Å². The fourth-order valence-electron chi connectivity index (χ4n) is 3.01. The van der Waals surface area contributed by atoms with Crippen molar-refractivity contribution in [1.29, 1.82) is 0 Å². The average Bonchev–Trinajstić information content (AvgIpc) is 2.67. The molecule has 0 bridgehead atoms. The highest BCUT2D eigenvalue weighted by molar-refractivity contribution is 8.13. The summed E-state index contributed by atoms with van der Waals surface area (Å²) in [5, 5.41) is 0. The molecular formula is C21H48F6N2O7S2Si3. The Kier molecular flexibility index (Phi) is 17.1. The minimum atomic E-state index is -6.72. The smallest absolute Gasteiger partial charge is 0.421 e. The van der Waals surface area contributed by atoms with Crippen molar-refractivity contribution >= 4 is 45.0 Å². The van der Waals surface area contributed by atoms with Crippen LogP contribution in [0.5, 0.6) is 0 Å².